The van der Waals surface area contributed by atoms with Gasteiger partial charge in [0.2, 0.25) is 5.91 Å². The lowest BCUT2D eigenvalue weighted by molar-refractivity contribution is -0.154. The molecule has 2 fully saturated rings. The van der Waals surface area contributed by atoms with Crippen LogP contribution in [0.25, 0.3) is 0 Å². The first kappa shape index (κ1) is 19.5. The Morgan fingerprint density at radius 3 is 2.54 bits per heavy atom. The van der Waals surface area contributed by atoms with Gasteiger partial charge in [-0.3, -0.25) is 4.79 Å². The molecular formula is C17H24Cl2N2O3. The van der Waals surface area contributed by atoms with Crippen LogP contribution in [-0.2, 0) is 14.3 Å². The van der Waals surface area contributed by atoms with E-state index in [9.17, 15) is 4.79 Å². The molecule has 134 valence electrons. The second kappa shape index (κ2) is 8.50. The van der Waals surface area contributed by atoms with E-state index in [1.807, 2.05) is 29.2 Å². The summed E-state index contributed by atoms with van der Waals surface area (Å²) in [6.07, 6.45) is 1.29. The third-order valence-electron chi connectivity index (χ3n) is 4.89. The van der Waals surface area contributed by atoms with E-state index in [-0.39, 0.29) is 24.4 Å². The lowest BCUT2D eigenvalue weighted by Gasteiger charge is -2.41. The number of hydrogen-bond donors (Lipinski definition) is 1. The highest BCUT2D eigenvalue weighted by Crippen LogP contribution is 2.33. The highest BCUT2D eigenvalue weighted by molar-refractivity contribution is 6.30. The second-order valence-corrected chi connectivity index (χ2v) is 6.70. The van der Waals surface area contributed by atoms with Gasteiger partial charge in [0.05, 0.1) is 18.6 Å². The Labute approximate surface area is 153 Å². The van der Waals surface area contributed by atoms with Crippen LogP contribution < -0.4 is 5.73 Å². The predicted octanol–water partition coefficient (Wildman–Crippen LogP) is 2.42. The summed E-state index contributed by atoms with van der Waals surface area (Å²) in [4.78, 5) is 15.0. The van der Waals surface area contributed by atoms with Crippen molar-refractivity contribution in [2.24, 2.45) is 11.1 Å². The Morgan fingerprint density at radius 1 is 1.25 bits per heavy atom. The smallest absolute Gasteiger partial charge is 0.230 e. The molecular weight excluding hydrogens is 351 g/mol. The summed E-state index contributed by atoms with van der Waals surface area (Å²) in [5, 5.41) is 0.696. The van der Waals surface area contributed by atoms with Gasteiger partial charge in [-0.05, 0) is 30.5 Å². The van der Waals surface area contributed by atoms with Gasteiger partial charge < -0.3 is 20.1 Å². The zero-order chi connectivity index (χ0) is 16.3. The van der Waals surface area contributed by atoms with Crippen LogP contribution in [0, 0.1) is 5.41 Å². The topological polar surface area (TPSA) is 64.8 Å². The maximum atomic E-state index is 13.1. The van der Waals surface area contributed by atoms with E-state index in [4.69, 9.17) is 26.8 Å². The van der Waals surface area contributed by atoms with E-state index in [0.29, 0.717) is 57.3 Å². The van der Waals surface area contributed by atoms with Crippen LogP contribution in [0.2, 0.25) is 5.02 Å². The van der Waals surface area contributed by atoms with Gasteiger partial charge >= 0.3 is 0 Å². The standard InChI is InChI=1S/C17H23ClN2O3.ClH/c18-14-3-1-13(2-4-14)15-11-20(7-10-23-15)16(21)17(12-19)5-8-22-9-6-17;/h1-4,15H,5-12,19H2;1H. The van der Waals surface area contributed by atoms with Gasteiger partial charge in [0, 0.05) is 31.3 Å². The molecule has 5 nitrogen and oxygen atoms in total. The van der Waals surface area contributed by atoms with Gasteiger partial charge in [-0.2, -0.15) is 0 Å². The number of carbonyl (C=O) groups is 1. The fraction of sp³-hybridized carbons (Fsp3) is 0.588. The van der Waals surface area contributed by atoms with Crippen molar-refractivity contribution in [3.63, 3.8) is 0 Å². The van der Waals surface area contributed by atoms with Crippen molar-refractivity contribution in [2.75, 3.05) is 39.5 Å². The Bertz CT molecular complexity index is 547. The molecule has 0 saturated carbocycles. The first-order chi connectivity index (χ1) is 11.1. The van der Waals surface area contributed by atoms with Gasteiger partial charge in [-0.25, -0.2) is 0 Å². The zero-order valence-electron chi connectivity index (χ0n) is 13.6. The lowest BCUT2D eigenvalue weighted by atomic mass is 9.78. The highest BCUT2D eigenvalue weighted by atomic mass is 35.5. The van der Waals surface area contributed by atoms with Crippen LogP contribution in [0.4, 0.5) is 0 Å². The minimum atomic E-state index is -0.472. The van der Waals surface area contributed by atoms with E-state index in [2.05, 4.69) is 0 Å². The van der Waals surface area contributed by atoms with Crippen molar-refractivity contribution in [3.05, 3.63) is 34.9 Å². The SMILES string of the molecule is Cl.NCC1(C(=O)N2CCOC(c3ccc(Cl)cc3)C2)CCOCC1. The van der Waals surface area contributed by atoms with Gasteiger partial charge in [0.25, 0.3) is 0 Å². The molecule has 0 aliphatic carbocycles. The van der Waals surface area contributed by atoms with E-state index in [1.165, 1.54) is 0 Å². The molecule has 24 heavy (non-hydrogen) atoms. The van der Waals surface area contributed by atoms with Crippen molar-refractivity contribution in [1.82, 2.24) is 4.90 Å². The molecule has 0 bridgehead atoms. The lowest BCUT2D eigenvalue weighted by Crippen LogP contribution is -2.54. The molecule has 1 aromatic carbocycles. The number of benzene rings is 1. The molecule has 3 rings (SSSR count). The Balaban J connectivity index is 0.00000208. The average molecular weight is 375 g/mol. The molecule has 0 aromatic heterocycles. The number of hydrogen-bond acceptors (Lipinski definition) is 4. The average Bonchev–Trinajstić information content (AvgIpc) is 2.62. The number of carbonyl (C=O) groups excluding carboxylic acids is 1. The number of ether oxygens (including phenoxy) is 2. The molecule has 7 heteroatoms. The van der Waals surface area contributed by atoms with E-state index >= 15 is 0 Å². The number of amides is 1. The highest BCUT2D eigenvalue weighted by Gasteiger charge is 2.42. The van der Waals surface area contributed by atoms with Crippen molar-refractivity contribution < 1.29 is 14.3 Å². The Kier molecular flexibility index (Phi) is 6.89. The summed E-state index contributed by atoms with van der Waals surface area (Å²) in [6.45, 7) is 3.30. The number of morpholine rings is 1. The summed E-state index contributed by atoms with van der Waals surface area (Å²) < 4.78 is 11.2. The van der Waals surface area contributed by atoms with Crippen LogP contribution in [-0.4, -0.2) is 50.3 Å². The summed E-state index contributed by atoms with van der Waals surface area (Å²) in [6, 6.07) is 7.60. The molecule has 2 saturated heterocycles. The van der Waals surface area contributed by atoms with Gasteiger partial charge in [0.1, 0.15) is 6.10 Å². The monoisotopic (exact) mass is 374 g/mol. The number of rotatable bonds is 3. The van der Waals surface area contributed by atoms with E-state index in [0.717, 1.165) is 5.56 Å². The first-order valence-corrected chi connectivity index (χ1v) is 8.47. The third-order valence-corrected chi connectivity index (χ3v) is 5.14. The van der Waals surface area contributed by atoms with Crippen molar-refractivity contribution in [3.8, 4) is 0 Å². The number of nitrogens with zero attached hydrogens (tertiary/aromatic N) is 1. The normalized spacial score (nSPS) is 23.4. The largest absolute Gasteiger partial charge is 0.381 e. The van der Waals surface area contributed by atoms with Crippen molar-refractivity contribution >= 4 is 29.9 Å². The number of halogens is 2. The van der Waals surface area contributed by atoms with Gasteiger partial charge in [0.15, 0.2) is 0 Å². The van der Waals surface area contributed by atoms with Gasteiger partial charge in [-0.1, -0.05) is 23.7 Å². The molecule has 0 radical (unpaired) electrons. The fourth-order valence-electron chi connectivity index (χ4n) is 3.32. The summed E-state index contributed by atoms with van der Waals surface area (Å²) >= 11 is 5.94. The summed E-state index contributed by atoms with van der Waals surface area (Å²) in [5.74, 6) is 0.144. The summed E-state index contributed by atoms with van der Waals surface area (Å²) in [7, 11) is 0. The summed E-state index contributed by atoms with van der Waals surface area (Å²) in [5.41, 5.74) is 6.53. The fourth-order valence-corrected chi connectivity index (χ4v) is 3.44. The van der Waals surface area contributed by atoms with Crippen molar-refractivity contribution in [2.45, 2.75) is 18.9 Å². The van der Waals surface area contributed by atoms with E-state index in [1.54, 1.807) is 0 Å². The van der Waals surface area contributed by atoms with Crippen LogP contribution in [0.15, 0.2) is 24.3 Å². The molecule has 2 aliphatic heterocycles. The molecule has 2 aliphatic rings. The van der Waals surface area contributed by atoms with E-state index < -0.39 is 5.41 Å². The zero-order valence-corrected chi connectivity index (χ0v) is 15.2. The molecule has 2 heterocycles. The van der Waals surface area contributed by atoms with Crippen LogP contribution in [0.3, 0.4) is 0 Å². The molecule has 1 unspecified atom stereocenters. The Morgan fingerprint density at radius 2 is 1.92 bits per heavy atom. The van der Waals surface area contributed by atoms with Crippen LogP contribution >= 0.6 is 24.0 Å². The Hall–Kier alpha value is -0.850. The minimum Gasteiger partial charge on any atom is -0.381 e. The molecule has 1 atom stereocenters. The maximum Gasteiger partial charge on any atom is 0.230 e. The van der Waals surface area contributed by atoms with Crippen molar-refractivity contribution in [1.29, 1.82) is 0 Å². The predicted molar refractivity (Wildman–Crippen MR) is 95.5 cm³/mol. The van der Waals surface area contributed by atoms with Gasteiger partial charge in [-0.15, -0.1) is 12.4 Å². The van der Waals surface area contributed by atoms with Crippen LogP contribution in [0.5, 0.6) is 0 Å². The minimum absolute atomic E-state index is 0. The molecule has 1 aromatic rings. The number of nitrogens with two attached hydrogens (primary N) is 1. The first-order valence-electron chi connectivity index (χ1n) is 8.09. The molecule has 0 spiro atoms. The third kappa shape index (κ3) is 4.03. The maximum absolute atomic E-state index is 13.1. The molecule has 2 N–H and O–H groups in total. The van der Waals surface area contributed by atoms with Crippen LogP contribution in [0.1, 0.15) is 24.5 Å². The quantitative estimate of drug-likeness (QED) is 0.881. The second-order valence-electron chi connectivity index (χ2n) is 6.26. The molecule has 1 amide bonds.